The first-order valence-electron chi connectivity index (χ1n) is 10.9. The highest BCUT2D eigenvalue weighted by atomic mass is 79.9. The van der Waals surface area contributed by atoms with E-state index in [1.54, 1.807) is 17.4 Å². The Kier molecular flexibility index (Phi) is 7.51. The monoisotopic (exact) mass is 516 g/mol. The van der Waals surface area contributed by atoms with E-state index in [-0.39, 0.29) is 5.82 Å². The van der Waals surface area contributed by atoms with Crippen LogP contribution >= 0.6 is 39.0 Å². The molecule has 2 heterocycles. The predicted octanol–water partition coefficient (Wildman–Crippen LogP) is 9.14. The Hall–Kier alpha value is -1.63. The van der Waals surface area contributed by atoms with E-state index in [9.17, 15) is 4.39 Å². The Morgan fingerprint density at radius 2 is 1.68 bits per heavy atom. The number of aryl methyl sites for hydroxylation is 1. The van der Waals surface area contributed by atoms with E-state index in [0.29, 0.717) is 5.56 Å². The van der Waals surface area contributed by atoms with E-state index < -0.39 is 0 Å². The number of unbranched alkanes of at least 4 members (excludes halogenated alkanes) is 1. The highest BCUT2D eigenvalue weighted by molar-refractivity contribution is 9.10. The summed E-state index contributed by atoms with van der Waals surface area (Å²) in [6.07, 6.45) is 7.10. The van der Waals surface area contributed by atoms with Crippen molar-refractivity contribution in [1.29, 1.82) is 0 Å². The fourth-order valence-electron chi connectivity index (χ4n) is 3.99. The fourth-order valence-corrected chi connectivity index (χ4v) is 6.15. The Labute approximate surface area is 200 Å². The lowest BCUT2D eigenvalue weighted by molar-refractivity contribution is 0.421. The van der Waals surface area contributed by atoms with Crippen LogP contribution in [0, 0.1) is 11.7 Å². The zero-order valence-electron chi connectivity index (χ0n) is 17.8. The van der Waals surface area contributed by atoms with Gasteiger partial charge in [0, 0.05) is 25.4 Å². The molecule has 6 heteroatoms. The lowest BCUT2D eigenvalue weighted by Crippen LogP contribution is -2.01. The second-order valence-electron chi connectivity index (χ2n) is 7.99. The van der Waals surface area contributed by atoms with Gasteiger partial charge < -0.3 is 0 Å². The summed E-state index contributed by atoms with van der Waals surface area (Å²) in [4.78, 5) is 2.01. The number of hydrogen-bond donors (Lipinski definition) is 0. The molecule has 0 radical (unpaired) electrons. The molecule has 2 aromatic carbocycles. The van der Waals surface area contributed by atoms with Crippen molar-refractivity contribution in [2.45, 2.75) is 52.4 Å². The van der Waals surface area contributed by atoms with Crippen LogP contribution in [0.3, 0.4) is 0 Å². The van der Waals surface area contributed by atoms with Gasteiger partial charge in [0.2, 0.25) is 0 Å². The molecule has 4 aromatic rings. The van der Waals surface area contributed by atoms with Gasteiger partial charge in [-0.2, -0.15) is 8.75 Å². The van der Waals surface area contributed by atoms with Crippen LogP contribution in [0.25, 0.3) is 31.9 Å². The zero-order valence-corrected chi connectivity index (χ0v) is 21.0. The minimum absolute atomic E-state index is 0.135. The van der Waals surface area contributed by atoms with Crippen molar-refractivity contribution in [3.63, 3.8) is 0 Å². The molecule has 0 fully saturated rings. The molecule has 0 saturated carbocycles. The first kappa shape index (κ1) is 22.6. The van der Waals surface area contributed by atoms with Crippen LogP contribution in [0.5, 0.6) is 0 Å². The molecular formula is C25H26BrFN2S2. The summed E-state index contributed by atoms with van der Waals surface area (Å²) in [6, 6.07) is 13.9. The van der Waals surface area contributed by atoms with Crippen molar-refractivity contribution in [1.82, 2.24) is 8.75 Å². The molecule has 0 amide bonds. The average Bonchev–Trinajstić information content (AvgIpc) is 3.45. The van der Waals surface area contributed by atoms with Crippen molar-refractivity contribution in [3.05, 3.63) is 58.3 Å². The van der Waals surface area contributed by atoms with Crippen molar-refractivity contribution in [2.24, 2.45) is 5.92 Å². The van der Waals surface area contributed by atoms with Crippen molar-refractivity contribution in [3.8, 4) is 20.9 Å². The van der Waals surface area contributed by atoms with E-state index in [2.05, 4.69) is 50.7 Å². The molecule has 0 bridgehead atoms. The predicted molar refractivity (Wildman–Crippen MR) is 135 cm³/mol. The minimum atomic E-state index is -0.135. The SMILES string of the molecule is CCCCC(CC)CCc1ccc(-c2ccc(-c3ccc(Br)c4nsnc34)s2)c(F)c1. The molecule has 4 rings (SSSR count). The van der Waals surface area contributed by atoms with Crippen LogP contribution in [0.15, 0.2) is 46.9 Å². The lowest BCUT2D eigenvalue weighted by atomic mass is 9.92. The second kappa shape index (κ2) is 10.3. The quantitative estimate of drug-likeness (QED) is 0.221. The Morgan fingerprint density at radius 1 is 0.935 bits per heavy atom. The van der Waals surface area contributed by atoms with E-state index in [1.807, 2.05) is 24.3 Å². The molecule has 2 nitrogen and oxygen atoms in total. The van der Waals surface area contributed by atoms with Gasteiger partial charge >= 0.3 is 0 Å². The van der Waals surface area contributed by atoms with Crippen molar-refractivity contribution >= 4 is 50.0 Å². The fraction of sp³-hybridized carbons (Fsp3) is 0.360. The number of nitrogens with zero attached hydrogens (tertiary/aromatic N) is 2. The summed E-state index contributed by atoms with van der Waals surface area (Å²) in [5.41, 5.74) is 4.56. The van der Waals surface area contributed by atoms with Gasteiger partial charge in [-0.05, 0) is 64.5 Å². The van der Waals surface area contributed by atoms with Crippen LogP contribution in [-0.4, -0.2) is 8.75 Å². The van der Waals surface area contributed by atoms with Gasteiger partial charge in [0.25, 0.3) is 0 Å². The molecule has 0 aliphatic carbocycles. The number of hydrogen-bond acceptors (Lipinski definition) is 4. The second-order valence-corrected chi connectivity index (χ2v) is 10.5. The van der Waals surface area contributed by atoms with Crippen molar-refractivity contribution < 1.29 is 4.39 Å². The van der Waals surface area contributed by atoms with Gasteiger partial charge in [-0.25, -0.2) is 4.39 Å². The van der Waals surface area contributed by atoms with Crippen molar-refractivity contribution in [2.75, 3.05) is 0 Å². The van der Waals surface area contributed by atoms with E-state index in [1.165, 1.54) is 37.4 Å². The van der Waals surface area contributed by atoms with Crippen LogP contribution in [0.4, 0.5) is 4.39 Å². The number of rotatable bonds is 9. The first-order chi connectivity index (χ1) is 15.1. The normalized spacial score (nSPS) is 12.5. The molecule has 0 N–H and O–H groups in total. The Balaban J connectivity index is 1.52. The van der Waals surface area contributed by atoms with E-state index in [0.717, 1.165) is 55.1 Å². The number of halogens is 2. The molecule has 0 aliphatic rings. The third-order valence-electron chi connectivity index (χ3n) is 5.92. The molecule has 31 heavy (non-hydrogen) atoms. The average molecular weight is 518 g/mol. The Morgan fingerprint density at radius 3 is 2.42 bits per heavy atom. The van der Waals surface area contributed by atoms with Gasteiger partial charge in [0.1, 0.15) is 16.9 Å². The maximum absolute atomic E-state index is 15.0. The van der Waals surface area contributed by atoms with Gasteiger partial charge in [-0.3, -0.25) is 0 Å². The summed E-state index contributed by atoms with van der Waals surface area (Å²) >= 11 is 6.34. The van der Waals surface area contributed by atoms with Gasteiger partial charge in [-0.1, -0.05) is 57.7 Å². The van der Waals surface area contributed by atoms with Gasteiger partial charge in [0.15, 0.2) is 0 Å². The molecule has 0 spiro atoms. The number of fused-ring (bicyclic) bond motifs is 1. The highest BCUT2D eigenvalue weighted by Gasteiger charge is 2.15. The highest BCUT2D eigenvalue weighted by Crippen LogP contribution is 2.39. The number of benzene rings is 2. The summed E-state index contributed by atoms with van der Waals surface area (Å²) in [5.74, 6) is 0.606. The molecule has 1 atom stereocenters. The molecule has 0 saturated heterocycles. The van der Waals surface area contributed by atoms with Crippen LogP contribution in [-0.2, 0) is 6.42 Å². The Bertz CT molecular complexity index is 1170. The maximum Gasteiger partial charge on any atom is 0.132 e. The topological polar surface area (TPSA) is 25.8 Å². The summed E-state index contributed by atoms with van der Waals surface area (Å²) < 4.78 is 24.8. The largest absolute Gasteiger partial charge is 0.206 e. The third-order valence-corrected chi connectivity index (χ3v) is 8.24. The van der Waals surface area contributed by atoms with Crippen LogP contribution in [0.2, 0.25) is 0 Å². The maximum atomic E-state index is 15.0. The van der Waals surface area contributed by atoms with E-state index in [4.69, 9.17) is 0 Å². The molecule has 0 aliphatic heterocycles. The number of thiophene rings is 1. The molecule has 1 unspecified atom stereocenters. The summed E-state index contributed by atoms with van der Waals surface area (Å²) in [5, 5.41) is 0. The third kappa shape index (κ3) is 5.07. The first-order valence-corrected chi connectivity index (χ1v) is 13.2. The lowest BCUT2D eigenvalue weighted by Gasteiger charge is -2.14. The van der Waals surface area contributed by atoms with Crippen LogP contribution < -0.4 is 0 Å². The summed E-state index contributed by atoms with van der Waals surface area (Å²) in [6.45, 7) is 4.50. The van der Waals surface area contributed by atoms with Crippen LogP contribution in [0.1, 0.15) is 51.5 Å². The smallest absolute Gasteiger partial charge is 0.132 e. The molecular weight excluding hydrogens is 491 g/mol. The molecule has 2 aromatic heterocycles. The summed E-state index contributed by atoms with van der Waals surface area (Å²) in [7, 11) is 0. The zero-order chi connectivity index (χ0) is 21.8. The van der Waals surface area contributed by atoms with Gasteiger partial charge in [-0.15, -0.1) is 11.3 Å². The molecule has 162 valence electrons. The van der Waals surface area contributed by atoms with Gasteiger partial charge in [0.05, 0.1) is 11.7 Å². The standard InChI is InChI=1S/C25H26BrFN2S2/c1-3-5-6-16(4-2)7-8-17-9-10-18(21(27)15-17)22-13-14-23(30-22)19-11-12-20(26)25-24(19)28-31-29-25/h9-16H,3-8H2,1-2H3. The minimum Gasteiger partial charge on any atom is -0.206 e. The van der Waals surface area contributed by atoms with E-state index >= 15 is 0 Å². The number of aromatic nitrogens is 2.